The van der Waals surface area contributed by atoms with Gasteiger partial charge < -0.3 is 4.74 Å². The number of hydrogen-bond donors (Lipinski definition) is 0. The molecule has 1 fully saturated rings. The second-order valence-electron chi connectivity index (χ2n) is 5.73. The first-order chi connectivity index (χ1) is 9.63. The van der Waals surface area contributed by atoms with Gasteiger partial charge in [-0.3, -0.25) is 4.79 Å². The van der Waals surface area contributed by atoms with Crippen molar-refractivity contribution in [3.8, 4) is 5.75 Å². The predicted octanol–water partition coefficient (Wildman–Crippen LogP) is 4.68. The van der Waals surface area contributed by atoms with E-state index in [1.807, 2.05) is 12.1 Å². The first-order valence-corrected chi connectivity index (χ1v) is 7.87. The minimum atomic E-state index is 0.224. The van der Waals surface area contributed by atoms with Crippen molar-refractivity contribution >= 4 is 17.4 Å². The third kappa shape index (κ3) is 3.76. The molecule has 0 spiro atoms. The predicted molar refractivity (Wildman–Crippen MR) is 82.5 cm³/mol. The zero-order valence-electron chi connectivity index (χ0n) is 12.3. The van der Waals surface area contributed by atoms with Crippen molar-refractivity contribution in [2.45, 2.75) is 45.4 Å². The summed E-state index contributed by atoms with van der Waals surface area (Å²) in [6.45, 7) is 2.24. The number of carbonyl (C=O) groups is 1. The number of rotatable bonds is 5. The van der Waals surface area contributed by atoms with Gasteiger partial charge in [0.1, 0.15) is 11.5 Å². The normalized spacial score (nSPS) is 22.6. The smallest absolute Gasteiger partial charge is 0.140 e. The lowest BCUT2D eigenvalue weighted by atomic mass is 9.78. The minimum Gasteiger partial charge on any atom is -0.496 e. The van der Waals surface area contributed by atoms with E-state index in [4.69, 9.17) is 16.3 Å². The molecule has 0 N–H and O–H groups in total. The van der Waals surface area contributed by atoms with Crippen LogP contribution in [0.3, 0.4) is 0 Å². The van der Waals surface area contributed by atoms with Crippen molar-refractivity contribution in [3.63, 3.8) is 0 Å². The molecule has 1 aliphatic carbocycles. The van der Waals surface area contributed by atoms with Crippen LogP contribution >= 0.6 is 11.6 Å². The number of halogens is 1. The Kier molecular flexibility index (Phi) is 5.47. The highest BCUT2D eigenvalue weighted by Gasteiger charge is 2.25. The fourth-order valence-electron chi connectivity index (χ4n) is 3.11. The van der Waals surface area contributed by atoms with Gasteiger partial charge >= 0.3 is 0 Å². The molecule has 2 rings (SSSR count). The summed E-state index contributed by atoms with van der Waals surface area (Å²) in [4.78, 5) is 12.4. The molecule has 0 amide bonds. The van der Waals surface area contributed by atoms with Crippen LogP contribution in [0.25, 0.3) is 0 Å². The molecule has 1 saturated carbocycles. The van der Waals surface area contributed by atoms with Gasteiger partial charge in [-0.2, -0.15) is 0 Å². The second-order valence-corrected chi connectivity index (χ2v) is 6.16. The van der Waals surface area contributed by atoms with E-state index < -0.39 is 0 Å². The minimum absolute atomic E-state index is 0.224. The van der Waals surface area contributed by atoms with E-state index in [0.29, 0.717) is 17.2 Å². The fraction of sp³-hybridized carbons (Fsp3) is 0.588. The van der Waals surface area contributed by atoms with Crippen molar-refractivity contribution in [1.29, 1.82) is 0 Å². The summed E-state index contributed by atoms with van der Waals surface area (Å²) >= 11 is 6.01. The molecule has 1 aromatic rings. The van der Waals surface area contributed by atoms with Gasteiger partial charge in [0.2, 0.25) is 0 Å². The molecule has 0 bridgehead atoms. The quantitative estimate of drug-likeness (QED) is 0.788. The van der Waals surface area contributed by atoms with Crippen LogP contribution in [0.5, 0.6) is 5.75 Å². The van der Waals surface area contributed by atoms with Crippen LogP contribution in [0.1, 0.15) is 44.6 Å². The Labute approximate surface area is 126 Å². The highest BCUT2D eigenvalue weighted by Crippen LogP contribution is 2.32. The average Bonchev–Trinajstić information content (AvgIpc) is 2.47. The van der Waals surface area contributed by atoms with Crippen LogP contribution in [-0.4, -0.2) is 12.9 Å². The number of methoxy groups -OCH3 is 1. The van der Waals surface area contributed by atoms with Crippen LogP contribution < -0.4 is 4.74 Å². The molecule has 0 atom stereocenters. The highest BCUT2D eigenvalue weighted by molar-refractivity contribution is 6.30. The van der Waals surface area contributed by atoms with E-state index in [2.05, 4.69) is 6.92 Å². The molecule has 0 unspecified atom stereocenters. The highest BCUT2D eigenvalue weighted by atomic mass is 35.5. The van der Waals surface area contributed by atoms with Gasteiger partial charge in [-0.05, 0) is 49.8 Å². The SMILES string of the molecule is CCC1CCC(C(=O)Cc2cc(Cl)ccc2OC)CC1. The number of Topliss-reactive ketones (excluding diaryl/α,β-unsaturated/α-hetero) is 1. The topological polar surface area (TPSA) is 26.3 Å². The zero-order chi connectivity index (χ0) is 14.5. The molecule has 1 aromatic carbocycles. The first kappa shape index (κ1) is 15.4. The Morgan fingerprint density at radius 3 is 2.60 bits per heavy atom. The van der Waals surface area contributed by atoms with E-state index in [1.165, 1.54) is 19.3 Å². The van der Waals surface area contributed by atoms with Gasteiger partial charge in [0.15, 0.2) is 0 Å². The maximum atomic E-state index is 12.4. The van der Waals surface area contributed by atoms with Crippen LogP contribution in [0.2, 0.25) is 5.02 Å². The summed E-state index contributed by atoms with van der Waals surface area (Å²) in [6, 6.07) is 5.47. The lowest BCUT2D eigenvalue weighted by Crippen LogP contribution is -2.23. The summed E-state index contributed by atoms with van der Waals surface area (Å²) in [6.07, 6.45) is 6.15. The summed E-state index contributed by atoms with van der Waals surface area (Å²) in [7, 11) is 1.63. The van der Waals surface area contributed by atoms with Crippen molar-refractivity contribution in [2.24, 2.45) is 11.8 Å². The summed E-state index contributed by atoms with van der Waals surface area (Å²) in [5.74, 6) is 2.13. The molecule has 0 aliphatic heterocycles. The Hall–Kier alpha value is -1.02. The fourth-order valence-corrected chi connectivity index (χ4v) is 3.30. The molecular weight excluding hydrogens is 272 g/mol. The molecule has 110 valence electrons. The number of ketones is 1. The van der Waals surface area contributed by atoms with E-state index in [0.717, 1.165) is 30.1 Å². The second kappa shape index (κ2) is 7.12. The van der Waals surface area contributed by atoms with Crippen molar-refractivity contribution in [1.82, 2.24) is 0 Å². The van der Waals surface area contributed by atoms with Crippen molar-refractivity contribution in [2.75, 3.05) is 7.11 Å². The van der Waals surface area contributed by atoms with Crippen molar-refractivity contribution in [3.05, 3.63) is 28.8 Å². The standard InChI is InChI=1S/C17H23ClO2/c1-3-12-4-6-13(7-5-12)16(19)11-14-10-15(18)8-9-17(14)20-2/h8-10,12-13H,3-7,11H2,1-2H3. The third-order valence-corrected chi connectivity index (χ3v) is 4.72. The zero-order valence-corrected chi connectivity index (χ0v) is 13.1. The average molecular weight is 295 g/mol. The Balaban J connectivity index is 1.99. The molecular formula is C17H23ClO2. The molecule has 0 radical (unpaired) electrons. The number of benzene rings is 1. The lowest BCUT2D eigenvalue weighted by molar-refractivity contribution is -0.123. The Morgan fingerprint density at radius 1 is 1.30 bits per heavy atom. The molecule has 0 heterocycles. The van der Waals surface area contributed by atoms with Gasteiger partial charge in [-0.15, -0.1) is 0 Å². The van der Waals surface area contributed by atoms with E-state index in [9.17, 15) is 4.79 Å². The maximum absolute atomic E-state index is 12.4. The summed E-state index contributed by atoms with van der Waals surface area (Å²) < 4.78 is 5.31. The van der Waals surface area contributed by atoms with Gasteiger partial charge in [0.25, 0.3) is 0 Å². The molecule has 20 heavy (non-hydrogen) atoms. The molecule has 2 nitrogen and oxygen atoms in total. The third-order valence-electron chi connectivity index (χ3n) is 4.49. The van der Waals surface area contributed by atoms with E-state index in [1.54, 1.807) is 13.2 Å². The number of carbonyl (C=O) groups excluding carboxylic acids is 1. The number of hydrogen-bond acceptors (Lipinski definition) is 2. The summed E-state index contributed by atoms with van der Waals surface area (Å²) in [5.41, 5.74) is 0.905. The molecule has 0 saturated heterocycles. The largest absolute Gasteiger partial charge is 0.496 e. The van der Waals surface area contributed by atoms with Gasteiger partial charge in [0, 0.05) is 22.9 Å². The van der Waals surface area contributed by atoms with E-state index in [-0.39, 0.29) is 5.92 Å². The van der Waals surface area contributed by atoms with Crippen LogP contribution in [0, 0.1) is 11.8 Å². The van der Waals surface area contributed by atoms with Crippen LogP contribution in [-0.2, 0) is 11.2 Å². The summed E-state index contributed by atoms with van der Waals surface area (Å²) in [5, 5.41) is 0.656. The van der Waals surface area contributed by atoms with Crippen molar-refractivity contribution < 1.29 is 9.53 Å². The van der Waals surface area contributed by atoms with E-state index >= 15 is 0 Å². The molecule has 0 aromatic heterocycles. The lowest BCUT2D eigenvalue weighted by Gasteiger charge is -2.27. The van der Waals surface area contributed by atoms with Gasteiger partial charge in [0.05, 0.1) is 7.11 Å². The van der Waals surface area contributed by atoms with Gasteiger partial charge in [-0.25, -0.2) is 0 Å². The van der Waals surface area contributed by atoms with Crippen LogP contribution in [0.15, 0.2) is 18.2 Å². The molecule has 3 heteroatoms. The van der Waals surface area contributed by atoms with Crippen LogP contribution in [0.4, 0.5) is 0 Å². The Morgan fingerprint density at radius 2 is 2.00 bits per heavy atom. The maximum Gasteiger partial charge on any atom is 0.140 e. The monoisotopic (exact) mass is 294 g/mol. The molecule has 1 aliphatic rings. The first-order valence-electron chi connectivity index (χ1n) is 7.49. The van der Waals surface area contributed by atoms with Gasteiger partial charge in [-0.1, -0.05) is 24.9 Å². The number of ether oxygens (including phenoxy) is 1. The Bertz CT molecular complexity index is 462.